The zero-order valence-corrected chi connectivity index (χ0v) is 13.8. The fraction of sp³-hybridized carbons (Fsp3) is 0.500. The Hall–Kier alpha value is -1.59. The number of hydrogen-bond donors (Lipinski definition) is 1. The van der Waals surface area contributed by atoms with Crippen molar-refractivity contribution in [2.24, 2.45) is 23.5 Å². The molecule has 122 valence electrons. The molecule has 4 unspecified atom stereocenters. The molecule has 0 bridgehead atoms. The Labute approximate surface area is 136 Å². The first-order valence-corrected chi connectivity index (χ1v) is 7.00. The van der Waals surface area contributed by atoms with E-state index in [2.05, 4.69) is 0 Å². The van der Waals surface area contributed by atoms with Crippen molar-refractivity contribution in [3.05, 3.63) is 35.9 Å². The summed E-state index contributed by atoms with van der Waals surface area (Å²) in [5, 5.41) is 0. The summed E-state index contributed by atoms with van der Waals surface area (Å²) in [5.74, 6) is -2.17. The molecule has 0 amide bonds. The largest absolute Gasteiger partial charge is 0.469 e. The van der Waals surface area contributed by atoms with E-state index in [-0.39, 0.29) is 24.3 Å². The van der Waals surface area contributed by atoms with E-state index in [1.165, 1.54) is 7.11 Å². The predicted molar refractivity (Wildman–Crippen MR) is 84.2 cm³/mol. The molecule has 1 fully saturated rings. The SMILES string of the molecule is COC(=O)C1C(Cc2ccccc2)C(C)C(=O)OC1(C)N.Cl. The van der Waals surface area contributed by atoms with Crippen LogP contribution < -0.4 is 5.73 Å². The number of hydrogen-bond acceptors (Lipinski definition) is 5. The van der Waals surface area contributed by atoms with Crippen molar-refractivity contribution < 1.29 is 19.1 Å². The Morgan fingerprint density at radius 1 is 1.36 bits per heavy atom. The first-order valence-electron chi connectivity index (χ1n) is 7.00. The standard InChI is InChI=1S/C16H21NO4.ClH/c1-10-12(9-11-7-5-4-6-8-11)13(15(19)20-3)16(2,17)21-14(10)18;/h4-8,10,12-13H,9,17H2,1-3H3;1H. The molecule has 5 nitrogen and oxygen atoms in total. The third-order valence-corrected chi connectivity index (χ3v) is 4.15. The third-order valence-electron chi connectivity index (χ3n) is 4.15. The first kappa shape index (κ1) is 18.5. The Kier molecular flexibility index (Phi) is 5.97. The van der Waals surface area contributed by atoms with E-state index in [4.69, 9.17) is 15.2 Å². The van der Waals surface area contributed by atoms with Crippen molar-refractivity contribution in [2.45, 2.75) is 26.0 Å². The molecule has 4 atom stereocenters. The fourth-order valence-electron chi connectivity index (χ4n) is 2.98. The molecule has 0 radical (unpaired) electrons. The summed E-state index contributed by atoms with van der Waals surface area (Å²) in [6.45, 7) is 3.32. The number of carbonyl (C=O) groups excluding carboxylic acids is 2. The van der Waals surface area contributed by atoms with Gasteiger partial charge in [-0.3, -0.25) is 15.3 Å². The average Bonchev–Trinajstić information content (AvgIpc) is 2.44. The quantitative estimate of drug-likeness (QED) is 0.858. The van der Waals surface area contributed by atoms with E-state index in [9.17, 15) is 9.59 Å². The third kappa shape index (κ3) is 3.59. The summed E-state index contributed by atoms with van der Waals surface area (Å²) < 4.78 is 10.1. The molecule has 22 heavy (non-hydrogen) atoms. The van der Waals surface area contributed by atoms with Gasteiger partial charge in [-0.1, -0.05) is 37.3 Å². The smallest absolute Gasteiger partial charge is 0.314 e. The molecule has 0 spiro atoms. The molecular weight excluding hydrogens is 306 g/mol. The molecule has 1 saturated heterocycles. The fourth-order valence-corrected chi connectivity index (χ4v) is 2.98. The molecule has 2 rings (SSSR count). The van der Waals surface area contributed by atoms with Gasteiger partial charge in [-0.25, -0.2) is 0 Å². The van der Waals surface area contributed by atoms with E-state index in [1.54, 1.807) is 13.8 Å². The lowest BCUT2D eigenvalue weighted by molar-refractivity contribution is -0.197. The Morgan fingerprint density at radius 3 is 2.50 bits per heavy atom. The molecule has 1 aromatic carbocycles. The van der Waals surface area contributed by atoms with Gasteiger partial charge in [0.05, 0.1) is 13.0 Å². The molecule has 1 aliphatic rings. The van der Waals surface area contributed by atoms with Gasteiger partial charge < -0.3 is 9.47 Å². The minimum atomic E-state index is -1.35. The van der Waals surface area contributed by atoms with Crippen LogP contribution in [0.1, 0.15) is 19.4 Å². The zero-order chi connectivity index (χ0) is 15.6. The maximum absolute atomic E-state index is 12.1. The van der Waals surface area contributed by atoms with Gasteiger partial charge in [0, 0.05) is 0 Å². The van der Waals surface area contributed by atoms with Crippen LogP contribution in [-0.4, -0.2) is 24.8 Å². The number of rotatable bonds is 3. The van der Waals surface area contributed by atoms with Crippen molar-refractivity contribution >= 4 is 24.3 Å². The van der Waals surface area contributed by atoms with E-state index in [1.807, 2.05) is 30.3 Å². The number of ether oxygens (including phenoxy) is 2. The van der Waals surface area contributed by atoms with Gasteiger partial charge in [-0.05, 0) is 24.8 Å². The Bertz CT molecular complexity index is 532. The lowest BCUT2D eigenvalue weighted by atomic mass is 9.72. The number of cyclic esters (lactones) is 1. The molecular formula is C16H22ClNO4. The second-order valence-electron chi connectivity index (χ2n) is 5.75. The molecule has 0 saturated carbocycles. The minimum absolute atomic E-state index is 0. The van der Waals surface area contributed by atoms with Gasteiger partial charge in [0.15, 0.2) is 5.72 Å². The second-order valence-corrected chi connectivity index (χ2v) is 5.75. The van der Waals surface area contributed by atoms with Crippen molar-refractivity contribution in [3.63, 3.8) is 0 Å². The molecule has 2 N–H and O–H groups in total. The normalized spacial score (nSPS) is 30.9. The van der Waals surface area contributed by atoms with Crippen LogP contribution in [0.2, 0.25) is 0 Å². The lowest BCUT2D eigenvalue weighted by Gasteiger charge is -2.43. The summed E-state index contributed by atoms with van der Waals surface area (Å²) >= 11 is 0. The van der Waals surface area contributed by atoms with Gasteiger partial charge in [-0.2, -0.15) is 0 Å². The number of nitrogens with two attached hydrogens (primary N) is 1. The number of benzene rings is 1. The van der Waals surface area contributed by atoms with Gasteiger partial charge in [0.1, 0.15) is 5.92 Å². The monoisotopic (exact) mass is 327 g/mol. The number of esters is 2. The van der Waals surface area contributed by atoms with Crippen molar-refractivity contribution in [3.8, 4) is 0 Å². The molecule has 1 aliphatic heterocycles. The summed E-state index contributed by atoms with van der Waals surface area (Å²) in [6.07, 6.45) is 0.573. The zero-order valence-electron chi connectivity index (χ0n) is 12.9. The maximum atomic E-state index is 12.1. The summed E-state index contributed by atoms with van der Waals surface area (Å²) in [5.41, 5.74) is 5.75. The highest BCUT2D eigenvalue weighted by Crippen LogP contribution is 2.39. The second kappa shape index (κ2) is 7.11. The number of methoxy groups -OCH3 is 1. The van der Waals surface area contributed by atoms with Crippen LogP contribution >= 0.6 is 12.4 Å². The highest BCUT2D eigenvalue weighted by molar-refractivity contribution is 5.85. The van der Waals surface area contributed by atoms with Crippen LogP contribution in [0.4, 0.5) is 0 Å². The van der Waals surface area contributed by atoms with Gasteiger partial charge in [-0.15, -0.1) is 12.4 Å². The topological polar surface area (TPSA) is 78.6 Å². The molecule has 1 heterocycles. The van der Waals surface area contributed by atoms with Gasteiger partial charge in [0.2, 0.25) is 0 Å². The average molecular weight is 328 g/mol. The van der Waals surface area contributed by atoms with Crippen molar-refractivity contribution in [1.29, 1.82) is 0 Å². The van der Waals surface area contributed by atoms with E-state index >= 15 is 0 Å². The number of halogens is 1. The lowest BCUT2D eigenvalue weighted by Crippen LogP contribution is -2.60. The van der Waals surface area contributed by atoms with Crippen LogP contribution in [0.3, 0.4) is 0 Å². The molecule has 0 aromatic heterocycles. The van der Waals surface area contributed by atoms with Crippen LogP contribution in [0.5, 0.6) is 0 Å². The van der Waals surface area contributed by atoms with Gasteiger partial charge >= 0.3 is 11.9 Å². The summed E-state index contributed by atoms with van der Waals surface area (Å²) in [4.78, 5) is 24.2. The van der Waals surface area contributed by atoms with E-state index in [0.717, 1.165) is 5.56 Å². The van der Waals surface area contributed by atoms with Crippen LogP contribution in [0.25, 0.3) is 0 Å². The Morgan fingerprint density at radius 2 is 1.95 bits per heavy atom. The maximum Gasteiger partial charge on any atom is 0.314 e. The van der Waals surface area contributed by atoms with Crippen LogP contribution in [0.15, 0.2) is 30.3 Å². The number of carbonyl (C=O) groups is 2. The molecule has 6 heteroatoms. The van der Waals surface area contributed by atoms with Crippen molar-refractivity contribution in [1.82, 2.24) is 0 Å². The van der Waals surface area contributed by atoms with Crippen LogP contribution in [-0.2, 0) is 25.5 Å². The van der Waals surface area contributed by atoms with E-state index < -0.39 is 23.5 Å². The highest BCUT2D eigenvalue weighted by Gasteiger charge is 2.53. The predicted octanol–water partition coefficient (Wildman–Crippen LogP) is 1.92. The van der Waals surface area contributed by atoms with Crippen LogP contribution in [0, 0.1) is 17.8 Å². The first-order chi connectivity index (χ1) is 9.86. The van der Waals surface area contributed by atoms with Crippen molar-refractivity contribution in [2.75, 3.05) is 7.11 Å². The highest BCUT2D eigenvalue weighted by atomic mass is 35.5. The van der Waals surface area contributed by atoms with Gasteiger partial charge in [0.25, 0.3) is 0 Å². The molecule has 1 aromatic rings. The Balaban J connectivity index is 0.00000242. The van der Waals surface area contributed by atoms with E-state index in [0.29, 0.717) is 6.42 Å². The summed E-state index contributed by atoms with van der Waals surface area (Å²) in [7, 11) is 1.32. The minimum Gasteiger partial charge on any atom is -0.469 e. The molecule has 0 aliphatic carbocycles. The summed E-state index contributed by atoms with van der Waals surface area (Å²) in [6, 6.07) is 9.71.